The summed E-state index contributed by atoms with van der Waals surface area (Å²) in [6, 6.07) is 60.0. The Balaban J connectivity index is 1.08. The molecule has 0 unspecified atom stereocenters. The van der Waals surface area contributed by atoms with Crippen molar-refractivity contribution in [1.82, 2.24) is 9.55 Å². The Bertz CT molecular complexity index is 3350. The minimum Gasteiger partial charge on any atom is -0.457 e. The first-order chi connectivity index (χ1) is 32.7. The molecule has 0 aliphatic carbocycles. The normalized spacial score (nSPS) is 13.4. The molecule has 1 aliphatic rings. The molecule has 0 N–H and O–H groups in total. The highest BCUT2D eigenvalue weighted by atomic mass is 16.5. The van der Waals surface area contributed by atoms with E-state index in [1.165, 1.54) is 66.7 Å². The van der Waals surface area contributed by atoms with Crippen molar-refractivity contribution in [3.8, 4) is 39.6 Å². The van der Waals surface area contributed by atoms with Crippen LogP contribution in [0.5, 0.6) is 11.5 Å². The lowest BCUT2D eigenvalue weighted by atomic mass is 9.80. The molecule has 0 radical (unpaired) electrons. The van der Waals surface area contributed by atoms with Gasteiger partial charge < -0.3 is 14.5 Å². The number of ether oxygens (including phenoxy) is 1. The van der Waals surface area contributed by atoms with E-state index >= 15 is 0 Å². The lowest BCUT2D eigenvalue weighted by molar-refractivity contribution is 0.483. The van der Waals surface area contributed by atoms with Crippen LogP contribution in [0.15, 0.2) is 170 Å². The van der Waals surface area contributed by atoms with Crippen LogP contribution in [0.3, 0.4) is 0 Å². The zero-order chi connectivity index (χ0) is 48.6. The van der Waals surface area contributed by atoms with Crippen LogP contribution in [-0.4, -0.2) is 16.2 Å². The Labute approximate surface area is 410 Å². The van der Waals surface area contributed by atoms with Crippen molar-refractivity contribution in [3.63, 3.8) is 0 Å². The van der Waals surface area contributed by atoms with Gasteiger partial charge in [-0.05, 0) is 133 Å². The van der Waals surface area contributed by atoms with Gasteiger partial charge in [0.15, 0.2) is 0 Å². The first-order valence-electron chi connectivity index (χ1n) is 24.5. The van der Waals surface area contributed by atoms with Crippen LogP contribution < -0.4 is 14.5 Å². The fourth-order valence-electron chi connectivity index (χ4n) is 9.75. The number of hydrogen-bond donors (Lipinski definition) is 0. The lowest BCUT2D eigenvalue weighted by Gasteiger charge is -2.30. The molecule has 2 aromatic heterocycles. The Kier molecular flexibility index (Phi) is 11.1. The molecule has 69 heavy (non-hydrogen) atoms. The summed E-state index contributed by atoms with van der Waals surface area (Å²) in [5.74, 6) is 2.44. The maximum atomic E-state index is 6.91. The number of anilines is 4. The van der Waals surface area contributed by atoms with Crippen molar-refractivity contribution >= 4 is 44.6 Å². The maximum absolute atomic E-state index is 6.91. The van der Waals surface area contributed by atoms with Crippen molar-refractivity contribution in [2.75, 3.05) is 16.5 Å². The van der Waals surface area contributed by atoms with Crippen molar-refractivity contribution in [1.29, 1.82) is 0 Å². The van der Waals surface area contributed by atoms with Crippen LogP contribution in [0.25, 0.3) is 49.9 Å². The number of benzene rings is 7. The largest absolute Gasteiger partial charge is 0.457 e. The summed E-state index contributed by atoms with van der Waals surface area (Å²) >= 11 is 0. The zero-order valence-corrected chi connectivity index (χ0v) is 42.6. The van der Waals surface area contributed by atoms with Gasteiger partial charge in [-0.1, -0.05) is 162 Å². The predicted molar refractivity (Wildman–Crippen MR) is 293 cm³/mol. The highest BCUT2D eigenvalue weighted by molar-refractivity contribution is 6.10. The molecular formula is C64H66N4O. The summed E-state index contributed by atoms with van der Waals surface area (Å²) in [6.07, 6.45) is 1.94. The second-order valence-corrected chi connectivity index (χ2v) is 23.1. The minimum atomic E-state index is -0.0345. The molecule has 9 aromatic rings. The average molecular weight is 907 g/mol. The van der Waals surface area contributed by atoms with Crippen molar-refractivity contribution in [3.05, 3.63) is 192 Å². The molecular weight excluding hydrogens is 841 g/mol. The van der Waals surface area contributed by atoms with Crippen molar-refractivity contribution in [2.24, 2.45) is 0 Å². The molecule has 7 aromatic carbocycles. The number of rotatable bonds is 7. The van der Waals surface area contributed by atoms with Crippen LogP contribution in [-0.2, 0) is 21.7 Å². The molecule has 348 valence electrons. The summed E-state index contributed by atoms with van der Waals surface area (Å²) in [6.45, 7) is 28.1. The summed E-state index contributed by atoms with van der Waals surface area (Å²) in [5, 5.41) is 2.38. The van der Waals surface area contributed by atoms with Crippen molar-refractivity contribution in [2.45, 2.75) is 105 Å². The molecule has 0 saturated carbocycles. The summed E-state index contributed by atoms with van der Waals surface area (Å²) in [4.78, 5) is 9.94. The number of hydrogen-bond acceptors (Lipinski definition) is 4. The molecule has 0 spiro atoms. The van der Waals surface area contributed by atoms with Gasteiger partial charge in [0.05, 0.1) is 22.4 Å². The molecule has 10 rings (SSSR count). The fourth-order valence-corrected chi connectivity index (χ4v) is 9.75. The third kappa shape index (κ3) is 8.80. The first kappa shape index (κ1) is 45.7. The third-order valence-electron chi connectivity index (χ3n) is 13.9. The second-order valence-electron chi connectivity index (χ2n) is 23.1. The number of pyridine rings is 1. The SMILES string of the molecule is CC(C)(C)c1cc(N2CN(c3cccc(Oc4ccc5c6cc(C(C)(C)C)ccc6n(-c6cc(C(C)(C)C)ccn6)c5c4)c3)c3cccc(-c4cccc(-c5ccccc5)c4)c32)cc(C(C)(C)C)c1. The summed E-state index contributed by atoms with van der Waals surface area (Å²) in [5.41, 5.74) is 16.7. The Morgan fingerprint density at radius 1 is 0.420 bits per heavy atom. The van der Waals surface area contributed by atoms with E-state index in [4.69, 9.17) is 9.72 Å². The second kappa shape index (κ2) is 16.8. The summed E-state index contributed by atoms with van der Waals surface area (Å²) in [7, 11) is 0. The molecule has 3 heterocycles. The van der Waals surface area contributed by atoms with Gasteiger partial charge >= 0.3 is 0 Å². The first-order valence-corrected chi connectivity index (χ1v) is 24.5. The fraction of sp³-hybridized carbons (Fsp3) is 0.266. The molecule has 5 nitrogen and oxygen atoms in total. The van der Waals surface area contributed by atoms with E-state index < -0.39 is 0 Å². The molecule has 0 atom stereocenters. The van der Waals surface area contributed by atoms with Gasteiger partial charge in [0.1, 0.15) is 24.0 Å². The molecule has 0 amide bonds. The topological polar surface area (TPSA) is 33.5 Å². The molecule has 5 heteroatoms. The highest BCUT2D eigenvalue weighted by Gasteiger charge is 2.33. The van der Waals surface area contributed by atoms with E-state index in [-0.39, 0.29) is 21.7 Å². The van der Waals surface area contributed by atoms with Crippen LogP contribution in [0.2, 0.25) is 0 Å². The minimum absolute atomic E-state index is 0.00874. The highest BCUT2D eigenvalue weighted by Crippen LogP contribution is 2.51. The van der Waals surface area contributed by atoms with Crippen LogP contribution >= 0.6 is 0 Å². The Hall–Kier alpha value is -7.11. The summed E-state index contributed by atoms with van der Waals surface area (Å²) < 4.78 is 9.21. The third-order valence-corrected chi connectivity index (χ3v) is 13.9. The van der Waals surface area contributed by atoms with Gasteiger partial charge in [-0.15, -0.1) is 0 Å². The van der Waals surface area contributed by atoms with Gasteiger partial charge in [-0.25, -0.2) is 4.98 Å². The van der Waals surface area contributed by atoms with Gasteiger partial charge in [-0.3, -0.25) is 4.57 Å². The van der Waals surface area contributed by atoms with Crippen molar-refractivity contribution < 1.29 is 4.74 Å². The lowest BCUT2D eigenvalue weighted by Crippen LogP contribution is -2.25. The average Bonchev–Trinajstić information content (AvgIpc) is 3.87. The maximum Gasteiger partial charge on any atom is 0.137 e. The Morgan fingerprint density at radius 2 is 1.06 bits per heavy atom. The molecule has 0 fully saturated rings. The predicted octanol–water partition coefficient (Wildman–Crippen LogP) is 17.7. The number of para-hydroxylation sites is 1. The smallest absolute Gasteiger partial charge is 0.137 e. The van der Waals surface area contributed by atoms with E-state index in [2.05, 4.69) is 261 Å². The quantitative estimate of drug-likeness (QED) is 0.160. The van der Waals surface area contributed by atoms with E-state index in [0.29, 0.717) is 6.67 Å². The van der Waals surface area contributed by atoms with Crippen LogP contribution in [0.1, 0.15) is 105 Å². The van der Waals surface area contributed by atoms with E-state index in [0.717, 1.165) is 39.7 Å². The molecule has 0 saturated heterocycles. The number of nitrogens with zero attached hydrogens (tertiary/aromatic N) is 4. The number of fused-ring (bicyclic) bond motifs is 4. The zero-order valence-electron chi connectivity index (χ0n) is 42.6. The van der Waals surface area contributed by atoms with Gasteiger partial charge in [-0.2, -0.15) is 0 Å². The van der Waals surface area contributed by atoms with Gasteiger partial charge in [0.2, 0.25) is 0 Å². The van der Waals surface area contributed by atoms with Crippen LogP contribution in [0.4, 0.5) is 22.7 Å². The van der Waals surface area contributed by atoms with E-state index in [9.17, 15) is 0 Å². The number of aromatic nitrogens is 2. The molecule has 1 aliphatic heterocycles. The standard InChI is InChI=1S/C64H66N4O/c1-61(2,3)45-27-30-56-55(37-45)54-29-28-52(40-58(54)68(56)59-38-46(31-32-65-59)62(4,5)6)69-51-24-17-23-49(39-51)66-41-67(50-35-47(63(7,8)9)34-48(36-50)64(10,11)12)60-53(25-18-26-57(60)66)44-22-16-21-43(33-44)42-19-14-13-15-20-42/h13-40H,41H2,1-12H3. The Morgan fingerprint density at radius 3 is 1.77 bits per heavy atom. The van der Waals surface area contributed by atoms with Crippen LogP contribution in [0, 0.1) is 0 Å². The van der Waals surface area contributed by atoms with E-state index in [1.807, 2.05) is 6.20 Å². The van der Waals surface area contributed by atoms with Gasteiger partial charge in [0.25, 0.3) is 0 Å². The molecule has 0 bridgehead atoms. The monoisotopic (exact) mass is 907 g/mol. The van der Waals surface area contributed by atoms with Gasteiger partial charge in [0, 0.05) is 46.0 Å². The van der Waals surface area contributed by atoms with E-state index in [1.54, 1.807) is 0 Å².